The minimum atomic E-state index is -0.150. The maximum Gasteiger partial charge on any atom is 0.266 e. The quantitative estimate of drug-likeness (QED) is 0.680. The molecule has 1 saturated carbocycles. The summed E-state index contributed by atoms with van der Waals surface area (Å²) in [5.74, 6) is 2.00. The highest BCUT2D eigenvalue weighted by Crippen LogP contribution is 2.47. The van der Waals surface area contributed by atoms with Crippen molar-refractivity contribution in [2.45, 2.75) is 33.1 Å². The van der Waals surface area contributed by atoms with Crippen LogP contribution in [-0.2, 0) is 7.05 Å². The summed E-state index contributed by atoms with van der Waals surface area (Å²) in [7, 11) is 1.63. The topological polar surface area (TPSA) is 82.8 Å². The van der Waals surface area contributed by atoms with Gasteiger partial charge in [-0.05, 0) is 44.4 Å². The molecule has 0 unspecified atom stereocenters. The van der Waals surface area contributed by atoms with Gasteiger partial charge in [0.1, 0.15) is 11.5 Å². The lowest BCUT2D eigenvalue weighted by Gasteiger charge is -2.12. The first-order valence-corrected chi connectivity index (χ1v) is 9.36. The van der Waals surface area contributed by atoms with E-state index in [0.717, 1.165) is 17.7 Å². The zero-order valence-electron chi connectivity index (χ0n) is 16.5. The van der Waals surface area contributed by atoms with Crippen LogP contribution in [0.2, 0.25) is 0 Å². The minimum absolute atomic E-state index is 0.150. The molecule has 0 bridgehead atoms. The Kier molecular flexibility index (Phi) is 4.66. The van der Waals surface area contributed by atoms with Crippen molar-refractivity contribution in [3.63, 3.8) is 0 Å². The fourth-order valence-electron chi connectivity index (χ4n) is 3.29. The third-order valence-corrected chi connectivity index (χ3v) is 5.08. The molecular weight excluding hydrogens is 354 g/mol. The number of pyridine rings is 1. The summed E-state index contributed by atoms with van der Waals surface area (Å²) >= 11 is 0. The first-order valence-electron chi connectivity index (χ1n) is 9.36. The van der Waals surface area contributed by atoms with Crippen molar-refractivity contribution >= 4 is 0 Å². The highest BCUT2D eigenvalue weighted by Gasteiger charge is 2.40. The predicted molar refractivity (Wildman–Crippen MR) is 105 cm³/mol. The molecule has 144 valence electrons. The van der Waals surface area contributed by atoms with E-state index in [1.165, 1.54) is 10.2 Å². The Morgan fingerprint density at radius 2 is 2.00 bits per heavy atom. The normalized spacial score (nSPS) is 18.1. The minimum Gasteiger partial charge on any atom is -0.477 e. The summed E-state index contributed by atoms with van der Waals surface area (Å²) in [6.45, 7) is 6.29. The van der Waals surface area contributed by atoms with Crippen LogP contribution < -0.4 is 10.3 Å². The van der Waals surface area contributed by atoms with Crippen LogP contribution >= 0.6 is 0 Å². The Bertz CT molecular complexity index is 1080. The molecule has 3 heterocycles. The largest absolute Gasteiger partial charge is 0.477 e. The number of nitrogens with zero attached hydrogens (tertiary/aromatic N) is 5. The van der Waals surface area contributed by atoms with Crippen LogP contribution in [0.25, 0.3) is 11.3 Å². The van der Waals surface area contributed by atoms with Crippen LogP contribution in [0.3, 0.4) is 0 Å². The van der Waals surface area contributed by atoms with Gasteiger partial charge in [0.15, 0.2) is 0 Å². The summed E-state index contributed by atoms with van der Waals surface area (Å²) < 4.78 is 7.40. The number of ether oxygens (including phenoxy) is 1. The molecule has 0 spiro atoms. The van der Waals surface area contributed by atoms with E-state index in [-0.39, 0.29) is 5.56 Å². The van der Waals surface area contributed by atoms with Crippen molar-refractivity contribution in [2.75, 3.05) is 6.61 Å². The lowest BCUT2D eigenvalue weighted by Crippen LogP contribution is -2.20. The number of rotatable bonds is 5. The van der Waals surface area contributed by atoms with Crippen molar-refractivity contribution in [3.05, 3.63) is 63.6 Å². The van der Waals surface area contributed by atoms with Gasteiger partial charge in [-0.3, -0.25) is 9.78 Å². The molecule has 7 nitrogen and oxygen atoms in total. The summed E-state index contributed by atoms with van der Waals surface area (Å²) in [6.07, 6.45) is 4.68. The van der Waals surface area contributed by atoms with Gasteiger partial charge in [0, 0.05) is 43.0 Å². The van der Waals surface area contributed by atoms with E-state index in [9.17, 15) is 4.79 Å². The summed E-state index contributed by atoms with van der Waals surface area (Å²) in [5.41, 5.74) is 4.26. The second kappa shape index (κ2) is 7.14. The van der Waals surface area contributed by atoms with Gasteiger partial charge >= 0.3 is 0 Å². The molecule has 0 aromatic carbocycles. The Morgan fingerprint density at radius 1 is 1.18 bits per heavy atom. The number of hydrogen-bond acceptors (Lipinski definition) is 6. The second-order valence-corrected chi connectivity index (χ2v) is 7.45. The Morgan fingerprint density at radius 3 is 2.75 bits per heavy atom. The van der Waals surface area contributed by atoms with Crippen LogP contribution in [0.15, 0.2) is 35.4 Å². The molecule has 0 amide bonds. The molecule has 0 aliphatic heterocycles. The molecular formula is C21H23N5O2. The molecule has 1 aliphatic carbocycles. The lowest BCUT2D eigenvalue weighted by molar-refractivity contribution is 0.285. The molecule has 7 heteroatoms. The maximum atomic E-state index is 11.8. The van der Waals surface area contributed by atoms with Crippen molar-refractivity contribution in [3.8, 4) is 17.1 Å². The molecule has 0 N–H and O–H groups in total. The van der Waals surface area contributed by atoms with Gasteiger partial charge in [0.05, 0.1) is 12.2 Å². The van der Waals surface area contributed by atoms with E-state index in [2.05, 4.69) is 32.2 Å². The van der Waals surface area contributed by atoms with Crippen molar-refractivity contribution in [2.24, 2.45) is 13.0 Å². The molecule has 1 aliphatic rings. The molecule has 4 rings (SSSR count). The van der Waals surface area contributed by atoms with Crippen molar-refractivity contribution in [1.29, 1.82) is 0 Å². The van der Waals surface area contributed by atoms with Gasteiger partial charge in [-0.1, -0.05) is 6.07 Å². The summed E-state index contributed by atoms with van der Waals surface area (Å²) in [6, 6.07) is 5.75. The first-order chi connectivity index (χ1) is 13.4. The molecule has 3 aromatic rings. The fourth-order valence-corrected chi connectivity index (χ4v) is 3.29. The van der Waals surface area contributed by atoms with E-state index in [1.807, 2.05) is 27.0 Å². The van der Waals surface area contributed by atoms with E-state index in [1.54, 1.807) is 19.3 Å². The standard InChI is InChI=1S/C21H23N5O2/c1-12-5-6-18(23-9-12)16-8-15(16)11-28-21-17(10-22-14(3)24-21)20-13(2)7-19(27)26(4)25-20/h5-7,9-10,15-16H,8,11H2,1-4H3/t15-,16+/m1/s1. The number of hydrogen-bond donors (Lipinski definition) is 0. The Labute approximate surface area is 163 Å². The second-order valence-electron chi connectivity index (χ2n) is 7.45. The number of aryl methyl sites for hydroxylation is 4. The summed E-state index contributed by atoms with van der Waals surface area (Å²) in [5, 5.41) is 4.38. The molecule has 0 radical (unpaired) electrons. The smallest absolute Gasteiger partial charge is 0.266 e. The zero-order valence-corrected chi connectivity index (χ0v) is 16.5. The Balaban J connectivity index is 1.54. The maximum absolute atomic E-state index is 11.8. The van der Waals surface area contributed by atoms with Gasteiger partial charge in [-0.15, -0.1) is 0 Å². The fraction of sp³-hybridized carbons (Fsp3) is 0.381. The third-order valence-electron chi connectivity index (χ3n) is 5.08. The van der Waals surface area contributed by atoms with Gasteiger partial charge < -0.3 is 4.74 Å². The average molecular weight is 377 g/mol. The van der Waals surface area contributed by atoms with E-state index < -0.39 is 0 Å². The van der Waals surface area contributed by atoms with Crippen molar-refractivity contribution in [1.82, 2.24) is 24.7 Å². The molecule has 0 saturated heterocycles. The number of aromatic nitrogens is 5. The zero-order chi connectivity index (χ0) is 19.8. The highest BCUT2D eigenvalue weighted by atomic mass is 16.5. The van der Waals surface area contributed by atoms with Crippen LogP contribution in [-0.4, -0.2) is 31.3 Å². The van der Waals surface area contributed by atoms with Crippen LogP contribution in [0.4, 0.5) is 0 Å². The van der Waals surface area contributed by atoms with E-state index >= 15 is 0 Å². The summed E-state index contributed by atoms with van der Waals surface area (Å²) in [4.78, 5) is 25.1. The van der Waals surface area contributed by atoms with Crippen LogP contribution in [0, 0.1) is 26.7 Å². The van der Waals surface area contributed by atoms with Crippen LogP contribution in [0.1, 0.15) is 35.0 Å². The SMILES string of the molecule is Cc1ccc([C@H]2C[C@@H]2COc2nc(C)ncc2-c2nn(C)c(=O)cc2C)nc1. The predicted octanol–water partition coefficient (Wildman–Crippen LogP) is 2.74. The van der Waals surface area contributed by atoms with Gasteiger partial charge in [0.25, 0.3) is 5.56 Å². The van der Waals surface area contributed by atoms with E-state index in [0.29, 0.717) is 41.4 Å². The molecule has 3 aromatic heterocycles. The van der Waals surface area contributed by atoms with Crippen LogP contribution in [0.5, 0.6) is 5.88 Å². The van der Waals surface area contributed by atoms with Gasteiger partial charge in [0.2, 0.25) is 5.88 Å². The van der Waals surface area contributed by atoms with E-state index in [4.69, 9.17) is 4.74 Å². The first kappa shape index (κ1) is 18.3. The third kappa shape index (κ3) is 3.65. The molecule has 1 fully saturated rings. The monoisotopic (exact) mass is 377 g/mol. The highest BCUT2D eigenvalue weighted by molar-refractivity contribution is 5.66. The average Bonchev–Trinajstić information content (AvgIpc) is 3.44. The van der Waals surface area contributed by atoms with Gasteiger partial charge in [-0.2, -0.15) is 10.1 Å². The van der Waals surface area contributed by atoms with Crippen molar-refractivity contribution < 1.29 is 4.74 Å². The lowest BCUT2D eigenvalue weighted by atomic mass is 10.1. The molecule has 2 atom stereocenters. The van der Waals surface area contributed by atoms with Gasteiger partial charge in [-0.25, -0.2) is 9.67 Å². The Hall–Kier alpha value is -3.09. The molecule has 28 heavy (non-hydrogen) atoms.